The first-order valence-corrected chi connectivity index (χ1v) is 5.56. The number of benzene rings is 1. The first kappa shape index (κ1) is 9.52. The van der Waals surface area contributed by atoms with Crippen molar-refractivity contribution in [2.45, 2.75) is 6.92 Å². The molecule has 0 amide bonds. The zero-order chi connectivity index (χ0) is 10.1. The summed E-state index contributed by atoms with van der Waals surface area (Å²) in [5, 5.41) is 0. The fraction of sp³-hybridized carbons (Fsp3) is 0.300. The minimum Gasteiger partial charge on any atom is -0.365 e. The number of hydrogen-bond donors (Lipinski definition) is 1. The van der Waals surface area contributed by atoms with E-state index in [4.69, 9.17) is 0 Å². The second kappa shape index (κ2) is 3.61. The maximum atomic E-state index is 4.35. The van der Waals surface area contributed by atoms with E-state index in [0.717, 1.165) is 22.3 Å². The molecule has 0 saturated heterocycles. The molecule has 0 aliphatic carbocycles. The van der Waals surface area contributed by atoms with Crippen molar-refractivity contribution in [2.24, 2.45) is 0 Å². The molecule has 0 radical (unpaired) electrons. The third kappa shape index (κ3) is 1.62. The summed E-state index contributed by atoms with van der Waals surface area (Å²) in [6.07, 6.45) is 0. The van der Waals surface area contributed by atoms with E-state index in [1.54, 1.807) is 0 Å². The van der Waals surface area contributed by atoms with Gasteiger partial charge in [-0.2, -0.15) is 0 Å². The van der Waals surface area contributed by atoms with Gasteiger partial charge >= 0.3 is 0 Å². The van der Waals surface area contributed by atoms with Gasteiger partial charge in [-0.3, -0.25) is 0 Å². The van der Waals surface area contributed by atoms with E-state index in [2.05, 4.69) is 42.9 Å². The van der Waals surface area contributed by atoms with Crippen LogP contribution in [-0.4, -0.2) is 22.5 Å². The van der Waals surface area contributed by atoms with Crippen LogP contribution in [-0.2, 0) is 0 Å². The average Bonchev–Trinajstić information content (AvgIpc) is 2.55. The molecule has 1 aromatic heterocycles. The van der Waals surface area contributed by atoms with Crippen LogP contribution in [0.4, 0.5) is 5.69 Å². The summed E-state index contributed by atoms with van der Waals surface area (Å²) in [5.41, 5.74) is 4.12. The second-order valence-corrected chi connectivity index (χ2v) is 3.84. The van der Waals surface area contributed by atoms with Gasteiger partial charge in [-0.25, -0.2) is 4.98 Å². The number of aromatic nitrogens is 2. The van der Waals surface area contributed by atoms with Crippen molar-refractivity contribution in [1.29, 1.82) is 0 Å². The third-order valence-electron chi connectivity index (χ3n) is 2.20. The van der Waals surface area contributed by atoms with Gasteiger partial charge in [0.2, 0.25) is 0 Å². The first-order valence-electron chi connectivity index (χ1n) is 4.44. The molecule has 1 heterocycles. The average molecular weight is 254 g/mol. The monoisotopic (exact) mass is 253 g/mol. The Morgan fingerprint density at radius 3 is 3.00 bits per heavy atom. The van der Waals surface area contributed by atoms with Crippen molar-refractivity contribution in [3.8, 4) is 0 Å². The lowest BCUT2D eigenvalue weighted by Crippen LogP contribution is -2.13. The van der Waals surface area contributed by atoms with Crippen LogP contribution in [0.1, 0.15) is 5.82 Å². The number of nitrogens with zero attached hydrogens (tertiary/aromatic N) is 2. The molecule has 1 N–H and O–H groups in total. The summed E-state index contributed by atoms with van der Waals surface area (Å²) in [6.45, 7) is 1.97. The quantitative estimate of drug-likeness (QED) is 0.660. The molecule has 74 valence electrons. The molecule has 3 nitrogen and oxygen atoms in total. The number of hydrogen-bond acceptors (Lipinski definition) is 2. The molecular weight excluding hydrogens is 242 g/mol. The van der Waals surface area contributed by atoms with Crippen LogP contribution in [0.3, 0.4) is 0 Å². The number of anilines is 1. The Morgan fingerprint density at radius 2 is 2.29 bits per heavy atom. The maximum Gasteiger partial charge on any atom is 0.104 e. The molecule has 0 aliphatic rings. The fourth-order valence-corrected chi connectivity index (χ4v) is 1.72. The standard InChI is InChI=1S/C10H12BrN3/c1-7-12-9-4-3-8(14(2)6-11)5-10(9)13-7/h3-5H,6H2,1-2H3,(H,12,13). The topological polar surface area (TPSA) is 31.9 Å². The van der Waals surface area contributed by atoms with Gasteiger partial charge in [0, 0.05) is 12.7 Å². The van der Waals surface area contributed by atoms with E-state index < -0.39 is 0 Å². The highest BCUT2D eigenvalue weighted by atomic mass is 79.9. The highest BCUT2D eigenvalue weighted by Gasteiger charge is 2.02. The Hall–Kier alpha value is -1.03. The predicted octanol–water partition coefficient (Wildman–Crippen LogP) is 2.66. The van der Waals surface area contributed by atoms with Crippen molar-refractivity contribution in [3.05, 3.63) is 24.0 Å². The number of rotatable bonds is 2. The number of nitrogens with one attached hydrogen (secondary N) is 1. The number of imidazole rings is 1. The molecule has 0 bridgehead atoms. The number of aryl methyl sites for hydroxylation is 1. The van der Waals surface area contributed by atoms with Gasteiger partial charge in [0.1, 0.15) is 5.82 Å². The van der Waals surface area contributed by atoms with Gasteiger partial charge in [-0.05, 0) is 25.1 Å². The largest absolute Gasteiger partial charge is 0.365 e. The Kier molecular flexibility index (Phi) is 2.46. The summed E-state index contributed by atoms with van der Waals surface area (Å²) in [4.78, 5) is 9.70. The Bertz CT molecular complexity index is 450. The summed E-state index contributed by atoms with van der Waals surface area (Å²) in [5.74, 6) is 0.957. The smallest absolute Gasteiger partial charge is 0.104 e. The van der Waals surface area contributed by atoms with Crippen LogP contribution in [0, 0.1) is 6.92 Å². The van der Waals surface area contributed by atoms with Gasteiger partial charge in [-0.1, -0.05) is 15.9 Å². The van der Waals surface area contributed by atoms with Crippen molar-refractivity contribution in [2.75, 3.05) is 17.4 Å². The summed E-state index contributed by atoms with van der Waals surface area (Å²) >= 11 is 3.42. The number of aromatic amines is 1. The number of H-pyrrole nitrogens is 1. The van der Waals surface area contributed by atoms with Crippen LogP contribution in [0.15, 0.2) is 18.2 Å². The molecule has 2 aromatic rings. The van der Waals surface area contributed by atoms with Crippen molar-refractivity contribution in [1.82, 2.24) is 9.97 Å². The molecule has 0 spiro atoms. The molecule has 4 heteroatoms. The third-order valence-corrected chi connectivity index (χ3v) is 2.96. The zero-order valence-electron chi connectivity index (χ0n) is 8.21. The molecule has 2 rings (SSSR count). The summed E-state index contributed by atoms with van der Waals surface area (Å²) < 4.78 is 0. The maximum absolute atomic E-state index is 4.35. The van der Waals surface area contributed by atoms with E-state index >= 15 is 0 Å². The molecular formula is C10H12BrN3. The zero-order valence-corrected chi connectivity index (χ0v) is 9.80. The van der Waals surface area contributed by atoms with Crippen LogP contribution < -0.4 is 4.90 Å². The minimum absolute atomic E-state index is 0.825. The Balaban J connectivity index is 2.50. The van der Waals surface area contributed by atoms with Crippen molar-refractivity contribution < 1.29 is 0 Å². The van der Waals surface area contributed by atoms with E-state index in [1.165, 1.54) is 5.69 Å². The van der Waals surface area contributed by atoms with Gasteiger partial charge in [0.25, 0.3) is 0 Å². The van der Waals surface area contributed by atoms with Gasteiger partial charge in [-0.15, -0.1) is 0 Å². The molecule has 0 atom stereocenters. The predicted molar refractivity (Wildman–Crippen MR) is 63.0 cm³/mol. The van der Waals surface area contributed by atoms with Crippen LogP contribution in [0.25, 0.3) is 11.0 Å². The lowest BCUT2D eigenvalue weighted by molar-refractivity contribution is 1.11. The van der Waals surface area contributed by atoms with Crippen LogP contribution in [0.2, 0.25) is 0 Å². The molecule has 14 heavy (non-hydrogen) atoms. The molecule has 1 aromatic carbocycles. The lowest BCUT2D eigenvalue weighted by Gasteiger charge is -2.15. The number of fused-ring (bicyclic) bond motifs is 1. The Morgan fingerprint density at radius 1 is 1.50 bits per heavy atom. The minimum atomic E-state index is 0.825. The van der Waals surface area contributed by atoms with E-state index in [1.807, 2.05) is 20.0 Å². The van der Waals surface area contributed by atoms with Crippen molar-refractivity contribution >= 4 is 32.7 Å². The lowest BCUT2D eigenvalue weighted by atomic mass is 10.2. The molecule has 0 unspecified atom stereocenters. The van der Waals surface area contributed by atoms with Crippen molar-refractivity contribution in [3.63, 3.8) is 0 Å². The first-order chi connectivity index (χ1) is 6.70. The van der Waals surface area contributed by atoms with E-state index in [-0.39, 0.29) is 0 Å². The second-order valence-electron chi connectivity index (χ2n) is 3.34. The number of halogens is 1. The SMILES string of the molecule is Cc1nc2ccc(N(C)CBr)cc2[nH]1. The summed E-state index contributed by atoms with van der Waals surface area (Å²) in [7, 11) is 2.04. The van der Waals surface area contributed by atoms with Gasteiger partial charge in [0.15, 0.2) is 0 Å². The molecule has 0 fully saturated rings. The van der Waals surface area contributed by atoms with Gasteiger partial charge in [0.05, 0.1) is 16.5 Å². The summed E-state index contributed by atoms with van der Waals surface area (Å²) in [6, 6.07) is 6.22. The molecule has 0 aliphatic heterocycles. The van der Waals surface area contributed by atoms with Crippen LogP contribution >= 0.6 is 15.9 Å². The van der Waals surface area contributed by atoms with E-state index in [0.29, 0.717) is 0 Å². The fourth-order valence-electron chi connectivity index (χ4n) is 1.43. The van der Waals surface area contributed by atoms with E-state index in [9.17, 15) is 0 Å². The number of alkyl halides is 1. The Labute approximate surface area is 91.3 Å². The van der Waals surface area contributed by atoms with Crippen LogP contribution in [0.5, 0.6) is 0 Å². The highest BCUT2D eigenvalue weighted by Crippen LogP contribution is 2.20. The molecule has 0 saturated carbocycles. The van der Waals surface area contributed by atoms with Gasteiger partial charge < -0.3 is 9.88 Å². The normalized spacial score (nSPS) is 10.8. The highest BCUT2D eigenvalue weighted by molar-refractivity contribution is 9.09.